The Kier molecular flexibility index (Phi) is 9.37. The van der Waals surface area contributed by atoms with E-state index in [0.717, 1.165) is 95.0 Å². The van der Waals surface area contributed by atoms with Gasteiger partial charge >= 0.3 is 0 Å². The zero-order valence-electron chi connectivity index (χ0n) is 34.1. The number of phenolic OH excluding ortho intramolecular Hbond substituents is 1. The number of amides is 3. The van der Waals surface area contributed by atoms with Crippen LogP contribution in [-0.2, 0) is 27.3 Å². The van der Waals surface area contributed by atoms with E-state index in [-0.39, 0.29) is 35.8 Å². The van der Waals surface area contributed by atoms with Gasteiger partial charge in [-0.25, -0.2) is 0 Å². The van der Waals surface area contributed by atoms with Crippen molar-refractivity contribution in [2.24, 2.45) is 5.92 Å². The summed E-state index contributed by atoms with van der Waals surface area (Å²) in [6.07, 6.45) is 5.81. The number of hydrogen-bond acceptors (Lipinski definition) is 9. The van der Waals surface area contributed by atoms with Crippen molar-refractivity contribution in [1.82, 2.24) is 15.1 Å². The van der Waals surface area contributed by atoms with Gasteiger partial charge in [0.05, 0.1) is 23.9 Å². The number of ether oxygens (including phenoxy) is 2. The average molecular weight is 808 g/mol. The zero-order chi connectivity index (χ0) is 40.5. The van der Waals surface area contributed by atoms with E-state index in [9.17, 15) is 19.5 Å². The zero-order valence-corrected chi connectivity index (χ0v) is 34.1. The van der Waals surface area contributed by atoms with E-state index in [1.54, 1.807) is 4.90 Å². The lowest BCUT2D eigenvalue weighted by atomic mass is 9.69. The summed E-state index contributed by atoms with van der Waals surface area (Å²) in [5, 5.41) is 12.7. The molecule has 1 aliphatic carbocycles. The molecule has 3 amide bonds. The summed E-state index contributed by atoms with van der Waals surface area (Å²) in [6, 6.07) is 29.7. The van der Waals surface area contributed by atoms with E-state index in [0.29, 0.717) is 42.7 Å². The molecule has 4 aromatic carbocycles. The molecule has 0 radical (unpaired) electrons. The predicted molar refractivity (Wildman–Crippen MR) is 228 cm³/mol. The molecule has 60 heavy (non-hydrogen) atoms. The van der Waals surface area contributed by atoms with E-state index < -0.39 is 11.9 Å². The Morgan fingerprint density at radius 3 is 2.45 bits per heavy atom. The summed E-state index contributed by atoms with van der Waals surface area (Å²) < 4.78 is 13.0. The highest BCUT2D eigenvalue weighted by atomic mass is 16.5. The molecule has 11 rings (SSSR count). The maximum Gasteiger partial charge on any atom is 0.255 e. The Balaban J connectivity index is 0.699. The molecule has 0 saturated carbocycles. The van der Waals surface area contributed by atoms with Crippen LogP contribution in [0, 0.1) is 5.92 Å². The highest BCUT2D eigenvalue weighted by Crippen LogP contribution is 2.48. The fourth-order valence-electron chi connectivity index (χ4n) is 11.8. The number of imide groups is 1. The summed E-state index contributed by atoms with van der Waals surface area (Å²) in [4.78, 5) is 46.9. The second-order valence-corrected chi connectivity index (χ2v) is 18.4. The number of nitrogens with one attached hydrogen (secondary N) is 1. The van der Waals surface area contributed by atoms with Gasteiger partial charge in [0.25, 0.3) is 5.91 Å². The minimum absolute atomic E-state index is 0.0460. The lowest BCUT2D eigenvalue weighted by molar-refractivity contribution is -0.136. The lowest BCUT2D eigenvalue weighted by Gasteiger charge is -2.46. The Morgan fingerprint density at radius 2 is 1.63 bits per heavy atom. The van der Waals surface area contributed by atoms with Crippen LogP contribution in [0.1, 0.15) is 88.5 Å². The Labute approximate surface area is 351 Å². The fraction of sp³-hybridized carbons (Fsp3) is 0.449. The summed E-state index contributed by atoms with van der Waals surface area (Å²) in [6.45, 7) is 7.52. The number of nitrogens with zero attached hydrogens (tertiary/aromatic N) is 4. The van der Waals surface area contributed by atoms with E-state index in [4.69, 9.17) is 9.47 Å². The number of hydrogen-bond donors (Lipinski definition) is 2. The highest BCUT2D eigenvalue weighted by molar-refractivity contribution is 6.06. The third-order valence-electron chi connectivity index (χ3n) is 14.8. The molecular formula is C49H53N5O6. The van der Waals surface area contributed by atoms with Crippen molar-refractivity contribution in [2.45, 2.75) is 81.0 Å². The quantitative estimate of drug-likeness (QED) is 0.228. The van der Waals surface area contributed by atoms with Gasteiger partial charge in [-0.15, -0.1) is 0 Å². The minimum Gasteiger partial charge on any atom is -0.508 e. The topological polar surface area (TPSA) is 115 Å². The van der Waals surface area contributed by atoms with Crippen molar-refractivity contribution in [2.75, 3.05) is 62.3 Å². The minimum atomic E-state index is -0.626. The monoisotopic (exact) mass is 807 g/mol. The smallest absolute Gasteiger partial charge is 0.255 e. The van der Waals surface area contributed by atoms with Gasteiger partial charge in [-0.2, -0.15) is 0 Å². The van der Waals surface area contributed by atoms with Gasteiger partial charge in [0.2, 0.25) is 11.8 Å². The molecule has 0 bridgehead atoms. The van der Waals surface area contributed by atoms with Crippen LogP contribution in [0.2, 0.25) is 0 Å². The van der Waals surface area contributed by atoms with Crippen molar-refractivity contribution >= 4 is 29.1 Å². The van der Waals surface area contributed by atoms with Crippen LogP contribution in [0.25, 0.3) is 0 Å². The first-order chi connectivity index (χ1) is 29.3. The standard InChI is InChI=1S/C49H53N5O6/c55-38-11-13-40-34(22-38)8-12-39(32-4-2-1-3-5-32)46(40)33-6-9-36(10-7-33)52-18-16-49(17-19-52)25-31(29-60-49)26-51-20-21-53-37(28-51)30-59-44-24-41-35(23-43(44)53)27-54(48(41)58)42-14-15-45(56)50-47(42)57/h1-7,9-11,13,22-24,31,37,39,42,46,55H,8,12,14-21,25-30H2,(H,50,56,57)/t31-,37-,39+,42-,46-/m0/s1. The average Bonchev–Trinajstić information content (AvgIpc) is 3.81. The van der Waals surface area contributed by atoms with E-state index in [1.165, 1.54) is 27.9 Å². The van der Waals surface area contributed by atoms with E-state index >= 15 is 0 Å². The van der Waals surface area contributed by atoms with Gasteiger partial charge < -0.3 is 29.3 Å². The molecule has 6 aliphatic heterocycles. The van der Waals surface area contributed by atoms with Gasteiger partial charge in [-0.05, 0) is 115 Å². The Bertz CT molecular complexity index is 2330. The van der Waals surface area contributed by atoms with Crippen LogP contribution in [0.5, 0.6) is 11.5 Å². The molecule has 2 N–H and O–H groups in total. The molecular weight excluding hydrogens is 755 g/mol. The Morgan fingerprint density at radius 1 is 0.800 bits per heavy atom. The van der Waals surface area contributed by atoms with Crippen LogP contribution < -0.4 is 19.9 Å². The number of carbonyl (C=O) groups excluding carboxylic acids is 3. The number of piperidine rings is 2. The number of aryl methyl sites for hydroxylation is 1. The van der Waals surface area contributed by atoms with Crippen LogP contribution in [-0.4, -0.2) is 103 Å². The molecule has 11 heteroatoms. The predicted octanol–water partition coefficient (Wildman–Crippen LogP) is 5.97. The molecule has 310 valence electrons. The lowest BCUT2D eigenvalue weighted by Crippen LogP contribution is -2.58. The molecule has 4 saturated heterocycles. The van der Waals surface area contributed by atoms with Crippen molar-refractivity contribution in [3.8, 4) is 11.5 Å². The number of aromatic hydroxyl groups is 1. The first-order valence-corrected chi connectivity index (χ1v) is 22.1. The third kappa shape index (κ3) is 6.70. The normalized spacial score (nSPS) is 27.2. The number of benzene rings is 4. The highest BCUT2D eigenvalue weighted by Gasteiger charge is 2.45. The molecule has 4 aromatic rings. The molecule has 5 atom stereocenters. The largest absolute Gasteiger partial charge is 0.508 e. The van der Waals surface area contributed by atoms with Crippen molar-refractivity contribution in [3.63, 3.8) is 0 Å². The first kappa shape index (κ1) is 37.6. The van der Waals surface area contributed by atoms with Gasteiger partial charge in [-0.1, -0.05) is 48.5 Å². The number of fused-ring (bicyclic) bond motifs is 5. The summed E-state index contributed by atoms with van der Waals surface area (Å²) in [5.74, 6) is 1.38. The number of phenols is 1. The summed E-state index contributed by atoms with van der Waals surface area (Å²) >= 11 is 0. The summed E-state index contributed by atoms with van der Waals surface area (Å²) in [7, 11) is 0. The van der Waals surface area contributed by atoms with Crippen molar-refractivity contribution in [3.05, 3.63) is 118 Å². The van der Waals surface area contributed by atoms with Gasteiger partial charge in [-0.3, -0.25) is 24.6 Å². The molecule has 1 spiro atoms. The van der Waals surface area contributed by atoms with Crippen LogP contribution in [0.4, 0.5) is 11.4 Å². The number of piperazine rings is 1. The SMILES string of the molecule is O=C1CC[C@H](N2Cc3cc4c(cc3C2=O)OC[C@@H]2CN(C[C@H]3COC5(CCN(c6ccc([C@@H]7c8ccc(O)cc8CC[C@@H]7c7ccccc7)cc6)CC5)C3)CCN42)C(=O)N1. The Hall–Kier alpha value is -5.39. The molecule has 11 nitrogen and oxygen atoms in total. The van der Waals surface area contributed by atoms with Crippen molar-refractivity contribution < 1.29 is 29.0 Å². The van der Waals surface area contributed by atoms with Gasteiger partial charge in [0.15, 0.2) is 0 Å². The van der Waals surface area contributed by atoms with Crippen LogP contribution >= 0.6 is 0 Å². The second-order valence-electron chi connectivity index (χ2n) is 18.4. The van der Waals surface area contributed by atoms with Gasteiger partial charge in [0, 0.05) is 69.4 Å². The maximum absolute atomic E-state index is 13.4. The molecule has 7 aliphatic rings. The van der Waals surface area contributed by atoms with Crippen LogP contribution in [0.15, 0.2) is 84.9 Å². The first-order valence-electron chi connectivity index (χ1n) is 22.1. The molecule has 4 fully saturated rings. The van der Waals surface area contributed by atoms with Gasteiger partial charge in [0.1, 0.15) is 24.1 Å². The second kappa shape index (κ2) is 15.0. The third-order valence-corrected chi connectivity index (χ3v) is 14.8. The molecule has 6 heterocycles. The fourth-order valence-corrected chi connectivity index (χ4v) is 11.8. The molecule has 0 unspecified atom stereocenters. The van der Waals surface area contributed by atoms with E-state index in [1.807, 2.05) is 18.2 Å². The number of anilines is 2. The van der Waals surface area contributed by atoms with Crippen LogP contribution in [0.3, 0.4) is 0 Å². The number of rotatable bonds is 6. The number of carbonyl (C=O) groups is 3. The summed E-state index contributed by atoms with van der Waals surface area (Å²) in [5.41, 5.74) is 9.07. The maximum atomic E-state index is 13.4. The van der Waals surface area contributed by atoms with E-state index in [2.05, 4.69) is 86.7 Å². The van der Waals surface area contributed by atoms with Crippen molar-refractivity contribution in [1.29, 1.82) is 0 Å². The molecule has 0 aromatic heterocycles.